The van der Waals surface area contributed by atoms with E-state index in [1.54, 1.807) is 0 Å². The topological polar surface area (TPSA) is 47.9 Å². The molecular formula is C13H8Cl2FNO3S. The summed E-state index contributed by atoms with van der Waals surface area (Å²) < 4.78 is 18.8. The Morgan fingerprint density at radius 3 is 2.86 bits per heavy atom. The summed E-state index contributed by atoms with van der Waals surface area (Å²) >= 11 is 12.8. The van der Waals surface area contributed by atoms with Crippen LogP contribution >= 0.6 is 34.5 Å². The van der Waals surface area contributed by atoms with Gasteiger partial charge in [0.2, 0.25) is 0 Å². The number of carbonyl (C=O) groups excluding carboxylic acids is 1. The van der Waals surface area contributed by atoms with E-state index in [1.807, 2.05) is 0 Å². The maximum absolute atomic E-state index is 13.5. The third-order valence-electron chi connectivity index (χ3n) is 2.44. The van der Waals surface area contributed by atoms with Crippen molar-refractivity contribution in [2.75, 3.05) is 7.11 Å². The number of hydrogen-bond acceptors (Lipinski definition) is 5. The van der Waals surface area contributed by atoms with Gasteiger partial charge in [0.15, 0.2) is 5.75 Å². The smallest absolute Gasteiger partial charge is 0.370 e. The lowest BCUT2D eigenvalue weighted by atomic mass is 10.2. The molecule has 0 aliphatic carbocycles. The SMILES string of the molecule is COc1c(C(=O)ON=Cc2c(F)cccc2Cl)csc1Cl. The van der Waals surface area contributed by atoms with Crippen LogP contribution in [-0.2, 0) is 4.84 Å². The molecule has 110 valence electrons. The molecule has 8 heteroatoms. The van der Waals surface area contributed by atoms with E-state index >= 15 is 0 Å². The first-order valence-electron chi connectivity index (χ1n) is 5.54. The molecular weight excluding hydrogens is 340 g/mol. The normalized spacial score (nSPS) is 10.9. The lowest BCUT2D eigenvalue weighted by Crippen LogP contribution is -2.02. The number of rotatable bonds is 4. The van der Waals surface area contributed by atoms with E-state index in [0.717, 1.165) is 17.6 Å². The molecule has 0 spiro atoms. The van der Waals surface area contributed by atoms with Crippen LogP contribution < -0.4 is 4.74 Å². The monoisotopic (exact) mass is 347 g/mol. The van der Waals surface area contributed by atoms with Gasteiger partial charge in [0, 0.05) is 5.38 Å². The Labute approximate surface area is 133 Å². The summed E-state index contributed by atoms with van der Waals surface area (Å²) in [4.78, 5) is 16.5. The zero-order valence-electron chi connectivity index (χ0n) is 10.6. The molecule has 0 unspecified atom stereocenters. The predicted octanol–water partition coefficient (Wildman–Crippen LogP) is 4.39. The molecule has 0 amide bonds. The average molecular weight is 348 g/mol. The molecule has 2 rings (SSSR count). The highest BCUT2D eigenvalue weighted by molar-refractivity contribution is 7.15. The second kappa shape index (κ2) is 6.89. The number of benzene rings is 1. The van der Waals surface area contributed by atoms with Crippen LogP contribution in [0.4, 0.5) is 4.39 Å². The van der Waals surface area contributed by atoms with Crippen LogP contribution in [0, 0.1) is 5.82 Å². The van der Waals surface area contributed by atoms with E-state index in [1.165, 1.54) is 30.7 Å². The largest absolute Gasteiger partial charge is 0.493 e. The summed E-state index contributed by atoms with van der Waals surface area (Å²) in [6.45, 7) is 0. The minimum Gasteiger partial charge on any atom is -0.493 e. The zero-order valence-corrected chi connectivity index (χ0v) is 12.9. The number of oxime groups is 1. The molecule has 1 heterocycles. The lowest BCUT2D eigenvalue weighted by Gasteiger charge is -2.01. The Morgan fingerprint density at radius 1 is 1.43 bits per heavy atom. The molecule has 21 heavy (non-hydrogen) atoms. The van der Waals surface area contributed by atoms with E-state index < -0.39 is 11.8 Å². The van der Waals surface area contributed by atoms with E-state index in [-0.39, 0.29) is 21.9 Å². The minimum atomic E-state index is -0.765. The van der Waals surface area contributed by atoms with Gasteiger partial charge in [-0.15, -0.1) is 11.3 Å². The van der Waals surface area contributed by atoms with Crippen molar-refractivity contribution in [3.63, 3.8) is 0 Å². The summed E-state index contributed by atoms with van der Waals surface area (Å²) in [5.74, 6) is -1.12. The molecule has 0 saturated heterocycles. The third-order valence-corrected chi connectivity index (χ3v) is 3.96. The van der Waals surface area contributed by atoms with Crippen LogP contribution in [0.2, 0.25) is 9.36 Å². The van der Waals surface area contributed by atoms with E-state index in [0.29, 0.717) is 4.34 Å². The molecule has 1 aromatic heterocycles. The highest BCUT2D eigenvalue weighted by atomic mass is 35.5. The summed E-state index contributed by atoms with van der Waals surface area (Å²) in [6.07, 6.45) is 1.02. The van der Waals surface area contributed by atoms with Crippen molar-refractivity contribution in [1.82, 2.24) is 0 Å². The van der Waals surface area contributed by atoms with Crippen LogP contribution in [0.25, 0.3) is 0 Å². The second-order valence-corrected chi connectivity index (χ2v) is 5.59. The molecule has 0 bridgehead atoms. The van der Waals surface area contributed by atoms with Crippen molar-refractivity contribution in [2.24, 2.45) is 5.16 Å². The first kappa shape index (κ1) is 15.8. The Kier molecular flexibility index (Phi) is 5.17. The second-order valence-electron chi connectivity index (χ2n) is 3.70. The summed E-state index contributed by atoms with van der Waals surface area (Å²) in [7, 11) is 1.38. The van der Waals surface area contributed by atoms with E-state index in [4.69, 9.17) is 27.9 Å². The Bertz CT molecular complexity index is 682. The van der Waals surface area contributed by atoms with Gasteiger partial charge in [0.05, 0.1) is 23.9 Å². The number of carbonyl (C=O) groups is 1. The first-order valence-corrected chi connectivity index (χ1v) is 7.18. The fourth-order valence-corrected chi connectivity index (χ4v) is 2.71. The fourth-order valence-electron chi connectivity index (χ4n) is 1.46. The quantitative estimate of drug-likeness (QED) is 0.468. The molecule has 2 aromatic rings. The molecule has 1 aromatic carbocycles. The standard InChI is InChI=1S/C13H8Cl2FNO3S/c1-19-11-8(6-21-12(11)15)13(18)20-17-5-7-9(14)3-2-4-10(7)16/h2-6H,1H3. The lowest BCUT2D eigenvalue weighted by molar-refractivity contribution is 0.0516. The van der Waals surface area contributed by atoms with Crippen molar-refractivity contribution >= 4 is 46.7 Å². The number of nitrogens with zero attached hydrogens (tertiary/aromatic N) is 1. The minimum absolute atomic E-state index is 0.0299. The van der Waals surface area contributed by atoms with Crippen molar-refractivity contribution in [2.45, 2.75) is 0 Å². The molecule has 0 N–H and O–H groups in total. The summed E-state index contributed by atoms with van der Waals surface area (Å²) in [5, 5.41) is 5.07. The average Bonchev–Trinajstić information content (AvgIpc) is 2.83. The summed E-state index contributed by atoms with van der Waals surface area (Å²) in [5.41, 5.74) is 0.173. The molecule has 0 saturated carbocycles. The van der Waals surface area contributed by atoms with E-state index in [9.17, 15) is 9.18 Å². The van der Waals surface area contributed by atoms with Crippen LogP contribution in [0.5, 0.6) is 5.75 Å². The van der Waals surface area contributed by atoms with Gasteiger partial charge in [-0.2, -0.15) is 0 Å². The first-order chi connectivity index (χ1) is 10.0. The Balaban J connectivity index is 2.12. The van der Waals surface area contributed by atoms with Crippen molar-refractivity contribution in [3.05, 3.63) is 49.9 Å². The van der Waals surface area contributed by atoms with Crippen molar-refractivity contribution in [3.8, 4) is 5.75 Å². The maximum atomic E-state index is 13.5. The molecule has 0 fully saturated rings. The van der Waals surface area contributed by atoms with Crippen molar-refractivity contribution in [1.29, 1.82) is 0 Å². The Hall–Kier alpha value is -1.63. The molecule has 0 radical (unpaired) electrons. The van der Waals surface area contributed by atoms with Gasteiger partial charge in [-0.3, -0.25) is 0 Å². The molecule has 4 nitrogen and oxygen atoms in total. The van der Waals surface area contributed by atoms with Crippen LogP contribution in [0.3, 0.4) is 0 Å². The van der Waals surface area contributed by atoms with Gasteiger partial charge < -0.3 is 9.57 Å². The molecule has 0 atom stereocenters. The van der Waals surface area contributed by atoms with Crippen LogP contribution in [0.15, 0.2) is 28.7 Å². The van der Waals surface area contributed by atoms with E-state index in [2.05, 4.69) is 9.99 Å². The molecule has 0 aliphatic heterocycles. The van der Waals surface area contributed by atoms with Gasteiger partial charge in [-0.05, 0) is 12.1 Å². The summed E-state index contributed by atoms with van der Waals surface area (Å²) in [6, 6.07) is 4.17. The van der Waals surface area contributed by atoms with Gasteiger partial charge in [-0.25, -0.2) is 9.18 Å². The fraction of sp³-hybridized carbons (Fsp3) is 0.0769. The third kappa shape index (κ3) is 3.53. The number of ether oxygens (including phenoxy) is 1. The predicted molar refractivity (Wildman–Crippen MR) is 80.3 cm³/mol. The van der Waals surface area contributed by atoms with Crippen molar-refractivity contribution < 1.29 is 18.8 Å². The zero-order chi connectivity index (χ0) is 15.4. The number of halogens is 3. The van der Waals surface area contributed by atoms with Crippen LogP contribution in [0.1, 0.15) is 15.9 Å². The Morgan fingerprint density at radius 2 is 2.19 bits per heavy atom. The molecule has 0 aliphatic rings. The van der Waals surface area contributed by atoms with Gasteiger partial charge in [0.25, 0.3) is 0 Å². The number of thiophene rings is 1. The van der Waals surface area contributed by atoms with Gasteiger partial charge in [-0.1, -0.05) is 34.4 Å². The van der Waals surface area contributed by atoms with Gasteiger partial charge >= 0.3 is 5.97 Å². The van der Waals surface area contributed by atoms with Gasteiger partial charge in [0.1, 0.15) is 15.7 Å². The maximum Gasteiger partial charge on any atom is 0.370 e. The highest BCUT2D eigenvalue weighted by Gasteiger charge is 2.19. The van der Waals surface area contributed by atoms with Crippen LogP contribution in [-0.4, -0.2) is 19.3 Å². The number of methoxy groups -OCH3 is 1. The number of hydrogen-bond donors (Lipinski definition) is 0. The highest BCUT2D eigenvalue weighted by Crippen LogP contribution is 2.35.